The molecule has 0 aliphatic carbocycles. The van der Waals surface area contributed by atoms with Crippen LogP contribution in [-0.2, 0) is 6.54 Å². The Hall–Kier alpha value is -1.94. The lowest BCUT2D eigenvalue weighted by atomic mass is 10.1. The second kappa shape index (κ2) is 4.93. The van der Waals surface area contributed by atoms with E-state index in [1.807, 2.05) is 0 Å². The Bertz CT molecular complexity index is 565. The molecule has 1 heterocycles. The molecule has 1 atom stereocenters. The molecule has 2 aromatic rings. The topological polar surface area (TPSA) is 48.0 Å². The van der Waals surface area contributed by atoms with Crippen LogP contribution < -0.4 is 11.3 Å². The Balaban J connectivity index is 2.23. The van der Waals surface area contributed by atoms with Gasteiger partial charge in [0.05, 0.1) is 6.04 Å². The third-order valence-electron chi connectivity index (χ3n) is 2.60. The van der Waals surface area contributed by atoms with Crippen LogP contribution >= 0.6 is 0 Å². The summed E-state index contributed by atoms with van der Waals surface area (Å²) in [4.78, 5) is 11.5. The number of hydrogen-bond donors (Lipinski definition) is 1. The van der Waals surface area contributed by atoms with Gasteiger partial charge >= 0.3 is 0 Å². The molecule has 0 amide bonds. The van der Waals surface area contributed by atoms with Crippen molar-refractivity contribution in [2.75, 3.05) is 0 Å². The monoisotopic (exact) mass is 232 g/mol. The summed E-state index contributed by atoms with van der Waals surface area (Å²) in [5.41, 5.74) is 6.18. The molecule has 2 rings (SSSR count). The van der Waals surface area contributed by atoms with Crippen molar-refractivity contribution in [3.63, 3.8) is 0 Å². The minimum atomic E-state index is -0.531. The minimum Gasteiger partial charge on any atom is -0.322 e. The number of hydrogen-bond acceptors (Lipinski definition) is 2. The van der Waals surface area contributed by atoms with Gasteiger partial charge in [-0.1, -0.05) is 24.3 Å². The van der Waals surface area contributed by atoms with E-state index < -0.39 is 6.04 Å². The summed E-state index contributed by atoms with van der Waals surface area (Å²) >= 11 is 0. The molecule has 0 fully saturated rings. The van der Waals surface area contributed by atoms with Gasteiger partial charge in [-0.05, 0) is 12.1 Å². The molecule has 1 aromatic heterocycles. The van der Waals surface area contributed by atoms with Crippen LogP contribution in [-0.4, -0.2) is 4.57 Å². The smallest absolute Gasteiger partial charge is 0.250 e. The van der Waals surface area contributed by atoms with Gasteiger partial charge in [0.15, 0.2) is 0 Å². The SMILES string of the molecule is NC(Cn1ccccc1=O)c1ccccc1F. The third-order valence-corrected chi connectivity index (χ3v) is 2.60. The normalized spacial score (nSPS) is 12.4. The summed E-state index contributed by atoms with van der Waals surface area (Å²) in [5, 5.41) is 0. The summed E-state index contributed by atoms with van der Waals surface area (Å²) in [7, 11) is 0. The summed E-state index contributed by atoms with van der Waals surface area (Å²) in [5.74, 6) is -0.344. The van der Waals surface area contributed by atoms with E-state index in [9.17, 15) is 9.18 Å². The van der Waals surface area contributed by atoms with Crippen LogP contribution in [0.2, 0.25) is 0 Å². The molecule has 0 spiro atoms. The third kappa shape index (κ3) is 2.60. The number of nitrogens with two attached hydrogens (primary N) is 1. The Morgan fingerprint density at radius 1 is 1.18 bits per heavy atom. The maximum Gasteiger partial charge on any atom is 0.250 e. The first-order valence-electron chi connectivity index (χ1n) is 5.34. The minimum absolute atomic E-state index is 0.140. The second-order valence-electron chi connectivity index (χ2n) is 3.82. The summed E-state index contributed by atoms with van der Waals surface area (Å²) in [6.45, 7) is 0.264. The standard InChI is InChI=1S/C13H13FN2O/c14-11-6-2-1-5-10(11)12(15)9-16-8-4-3-7-13(16)17/h1-8,12H,9,15H2. The Kier molecular flexibility index (Phi) is 3.35. The fourth-order valence-electron chi connectivity index (χ4n) is 1.70. The largest absolute Gasteiger partial charge is 0.322 e. The molecule has 0 bridgehead atoms. The fraction of sp³-hybridized carbons (Fsp3) is 0.154. The van der Waals surface area contributed by atoms with Crippen LogP contribution in [0.4, 0.5) is 4.39 Å². The Morgan fingerprint density at radius 2 is 1.88 bits per heavy atom. The lowest BCUT2D eigenvalue weighted by Gasteiger charge is -2.14. The van der Waals surface area contributed by atoms with Gasteiger partial charge in [0.25, 0.3) is 5.56 Å². The molecule has 0 aliphatic rings. The van der Waals surface area contributed by atoms with Crippen molar-refractivity contribution in [2.24, 2.45) is 5.73 Å². The zero-order chi connectivity index (χ0) is 12.3. The van der Waals surface area contributed by atoms with Crippen molar-refractivity contribution in [3.05, 3.63) is 70.4 Å². The quantitative estimate of drug-likeness (QED) is 0.875. The highest BCUT2D eigenvalue weighted by atomic mass is 19.1. The fourth-order valence-corrected chi connectivity index (χ4v) is 1.70. The molecule has 0 saturated carbocycles. The van der Waals surface area contributed by atoms with Crippen molar-refractivity contribution >= 4 is 0 Å². The van der Waals surface area contributed by atoms with Gasteiger partial charge in [0, 0.05) is 24.4 Å². The van der Waals surface area contributed by atoms with E-state index in [0.29, 0.717) is 5.56 Å². The van der Waals surface area contributed by atoms with Crippen LogP contribution in [0.5, 0.6) is 0 Å². The zero-order valence-corrected chi connectivity index (χ0v) is 9.21. The maximum absolute atomic E-state index is 13.5. The number of aromatic nitrogens is 1. The predicted octanol–water partition coefficient (Wildman–Crippen LogP) is 1.69. The summed E-state index contributed by atoms with van der Waals surface area (Å²) < 4.78 is 14.9. The molecule has 0 saturated heterocycles. The highest BCUT2D eigenvalue weighted by molar-refractivity contribution is 5.20. The highest BCUT2D eigenvalue weighted by Crippen LogP contribution is 2.15. The molecular formula is C13H13FN2O. The van der Waals surface area contributed by atoms with Crippen molar-refractivity contribution in [1.82, 2.24) is 4.57 Å². The average Bonchev–Trinajstić information content (AvgIpc) is 2.32. The van der Waals surface area contributed by atoms with Gasteiger partial charge in [0.2, 0.25) is 0 Å². The maximum atomic E-state index is 13.5. The van der Waals surface area contributed by atoms with E-state index in [1.165, 1.54) is 16.7 Å². The molecule has 1 aromatic carbocycles. The Labute approximate surface area is 98.3 Å². The van der Waals surface area contributed by atoms with Gasteiger partial charge in [0.1, 0.15) is 5.82 Å². The number of halogens is 1. The highest BCUT2D eigenvalue weighted by Gasteiger charge is 2.11. The van der Waals surface area contributed by atoms with Crippen molar-refractivity contribution < 1.29 is 4.39 Å². The van der Waals surface area contributed by atoms with Crippen molar-refractivity contribution in [3.8, 4) is 0 Å². The van der Waals surface area contributed by atoms with Gasteiger partial charge in [-0.2, -0.15) is 0 Å². The van der Waals surface area contributed by atoms with Crippen molar-refractivity contribution in [2.45, 2.75) is 12.6 Å². The first-order chi connectivity index (χ1) is 8.18. The molecule has 0 aliphatic heterocycles. The van der Waals surface area contributed by atoms with Gasteiger partial charge in [-0.3, -0.25) is 4.79 Å². The molecule has 4 heteroatoms. The van der Waals surface area contributed by atoms with Crippen LogP contribution in [0.3, 0.4) is 0 Å². The number of benzene rings is 1. The lowest BCUT2D eigenvalue weighted by Crippen LogP contribution is -2.26. The van der Waals surface area contributed by atoms with E-state index >= 15 is 0 Å². The van der Waals surface area contributed by atoms with E-state index in [0.717, 1.165) is 0 Å². The van der Waals surface area contributed by atoms with Crippen LogP contribution in [0.25, 0.3) is 0 Å². The predicted molar refractivity (Wildman–Crippen MR) is 64.0 cm³/mol. The van der Waals surface area contributed by atoms with Gasteiger partial charge < -0.3 is 10.3 Å². The summed E-state index contributed by atoms with van der Waals surface area (Å²) in [6, 6.07) is 10.7. The lowest BCUT2D eigenvalue weighted by molar-refractivity contribution is 0.523. The first-order valence-corrected chi connectivity index (χ1v) is 5.34. The molecular weight excluding hydrogens is 219 g/mol. The average molecular weight is 232 g/mol. The molecule has 88 valence electrons. The Morgan fingerprint density at radius 3 is 2.59 bits per heavy atom. The van der Waals surface area contributed by atoms with E-state index in [-0.39, 0.29) is 17.9 Å². The van der Waals surface area contributed by atoms with Crippen molar-refractivity contribution in [1.29, 1.82) is 0 Å². The second-order valence-corrected chi connectivity index (χ2v) is 3.82. The molecule has 1 unspecified atom stereocenters. The number of nitrogens with zero attached hydrogens (tertiary/aromatic N) is 1. The molecule has 17 heavy (non-hydrogen) atoms. The van der Waals surface area contributed by atoms with E-state index in [1.54, 1.807) is 36.5 Å². The van der Waals surface area contributed by atoms with Crippen LogP contribution in [0, 0.1) is 5.82 Å². The zero-order valence-electron chi connectivity index (χ0n) is 9.21. The first kappa shape index (κ1) is 11.5. The van der Waals surface area contributed by atoms with E-state index in [2.05, 4.69) is 0 Å². The molecule has 0 radical (unpaired) electrons. The van der Waals surface area contributed by atoms with Gasteiger partial charge in [-0.15, -0.1) is 0 Å². The van der Waals surface area contributed by atoms with E-state index in [4.69, 9.17) is 5.73 Å². The molecule has 2 N–H and O–H groups in total. The summed E-state index contributed by atoms with van der Waals surface area (Å²) in [6.07, 6.45) is 1.64. The van der Waals surface area contributed by atoms with Crippen LogP contribution in [0.15, 0.2) is 53.5 Å². The molecule has 3 nitrogen and oxygen atoms in total. The number of rotatable bonds is 3. The van der Waals surface area contributed by atoms with Crippen LogP contribution in [0.1, 0.15) is 11.6 Å². The number of pyridine rings is 1. The van der Waals surface area contributed by atoms with Gasteiger partial charge in [-0.25, -0.2) is 4.39 Å².